The van der Waals surface area contributed by atoms with E-state index in [0.717, 1.165) is 6.42 Å². The van der Waals surface area contributed by atoms with Gasteiger partial charge in [0, 0.05) is 16.6 Å². The fraction of sp³-hybridized carbons (Fsp3) is 0.786. The summed E-state index contributed by atoms with van der Waals surface area (Å²) in [4.78, 5) is 14.8. The second kappa shape index (κ2) is 4.60. The van der Waals surface area contributed by atoms with E-state index >= 15 is 0 Å². The van der Waals surface area contributed by atoms with Crippen LogP contribution in [-0.2, 0) is 14.1 Å². The van der Waals surface area contributed by atoms with Crippen LogP contribution in [0.1, 0.15) is 34.1 Å². The summed E-state index contributed by atoms with van der Waals surface area (Å²) in [6, 6.07) is 0. The Labute approximate surface area is 124 Å². The van der Waals surface area contributed by atoms with E-state index in [1.807, 2.05) is 27.7 Å². The molecule has 4 unspecified atom stereocenters. The molecule has 0 N–H and O–H groups in total. The van der Waals surface area contributed by atoms with Crippen molar-refractivity contribution in [3.8, 4) is 0 Å². The highest BCUT2D eigenvalue weighted by atomic mass is 16.7. The Morgan fingerprint density at radius 1 is 1.24 bits per heavy atom. The molecule has 1 heterocycles. The Hall–Kier alpha value is -1.30. The van der Waals surface area contributed by atoms with Crippen molar-refractivity contribution in [3.05, 3.63) is 22.6 Å². The summed E-state index contributed by atoms with van der Waals surface area (Å²) in [5, 5.41) is 3.32. The van der Waals surface area contributed by atoms with Gasteiger partial charge in [-0.1, -0.05) is 12.2 Å². The van der Waals surface area contributed by atoms with Crippen LogP contribution in [-0.4, -0.2) is 24.2 Å². The van der Waals surface area contributed by atoms with Crippen LogP contribution in [0.3, 0.4) is 0 Å². The van der Waals surface area contributed by atoms with Gasteiger partial charge in [-0.05, 0) is 56.6 Å². The van der Waals surface area contributed by atoms with E-state index in [-0.39, 0.29) is 23.6 Å². The molecule has 0 spiro atoms. The molecule has 4 atom stereocenters. The molecule has 2 fully saturated rings. The maximum absolute atomic E-state index is 12.2. The predicted molar refractivity (Wildman–Crippen MR) is 78.2 cm³/mol. The summed E-state index contributed by atoms with van der Waals surface area (Å²) in [5.74, 6) is -0.400. The number of hydrogen-bond acceptors (Lipinski definition) is 3. The number of hydrogen-bond donors (Lipinski definition) is 0. The number of amides is 1. The Kier molecular flexibility index (Phi) is 3.21. The number of carbonyl (C=O) groups is 1. The molecule has 1 amide bonds. The van der Waals surface area contributed by atoms with Crippen LogP contribution in [0.15, 0.2) is 17.3 Å². The lowest BCUT2D eigenvalue weighted by Gasteiger charge is -2.32. The minimum atomic E-state index is -0.433. The van der Waals surface area contributed by atoms with Gasteiger partial charge in [0.25, 0.3) is 0 Å². The van der Waals surface area contributed by atoms with Gasteiger partial charge in [0.2, 0.25) is 5.91 Å². The molecule has 1 saturated carbocycles. The monoisotopic (exact) mass is 289 g/mol. The van der Waals surface area contributed by atoms with E-state index in [2.05, 4.69) is 22.2 Å². The number of azide groups is 1. The van der Waals surface area contributed by atoms with Gasteiger partial charge in [-0.25, -0.2) is 0 Å². The van der Waals surface area contributed by atoms with Crippen molar-refractivity contribution in [2.75, 3.05) is 0 Å². The first-order valence-corrected chi connectivity index (χ1v) is 7.40. The number of rotatable bonds is 2. The second-order valence-electron chi connectivity index (χ2n) is 7.20. The number of nitrogens with zero attached hydrogens (tertiary/aromatic N) is 3. The molecule has 0 aromatic carbocycles. The van der Waals surface area contributed by atoms with Crippen LogP contribution >= 0.6 is 0 Å². The van der Waals surface area contributed by atoms with Crippen LogP contribution < -0.4 is 0 Å². The normalized spacial score (nSPS) is 38.6. The molecule has 1 aliphatic heterocycles. The Bertz CT molecular complexity index is 538. The third-order valence-electron chi connectivity index (χ3n) is 5.53. The zero-order chi connectivity index (χ0) is 15.4. The lowest BCUT2D eigenvalue weighted by molar-refractivity contribution is -0.122. The van der Waals surface area contributed by atoms with E-state index < -0.39 is 24.2 Å². The molecule has 1 saturated heterocycles. The summed E-state index contributed by atoms with van der Waals surface area (Å²) >= 11 is 0. The fourth-order valence-electron chi connectivity index (χ4n) is 3.74. The van der Waals surface area contributed by atoms with E-state index in [1.54, 1.807) is 0 Å². The van der Waals surface area contributed by atoms with Gasteiger partial charge in [0.15, 0.2) is 0 Å². The first kappa shape index (κ1) is 14.6. The molecule has 3 rings (SSSR count). The van der Waals surface area contributed by atoms with Gasteiger partial charge >= 0.3 is 7.12 Å². The zero-order valence-electron chi connectivity index (χ0n) is 12.8. The molecule has 0 aromatic rings. The summed E-state index contributed by atoms with van der Waals surface area (Å²) in [7, 11) is -0.433. The topological polar surface area (TPSA) is 84.3 Å². The van der Waals surface area contributed by atoms with Crippen LogP contribution in [0.4, 0.5) is 0 Å². The number of fused-ring (bicyclic) bond motifs is 2. The molecular formula is C14H20BN3O3. The van der Waals surface area contributed by atoms with Crippen molar-refractivity contribution < 1.29 is 14.1 Å². The van der Waals surface area contributed by atoms with E-state index in [0.29, 0.717) is 0 Å². The largest absolute Gasteiger partial charge is 0.462 e. The van der Waals surface area contributed by atoms with Crippen molar-refractivity contribution in [1.82, 2.24) is 0 Å². The molecule has 21 heavy (non-hydrogen) atoms. The molecular weight excluding hydrogens is 269 g/mol. The van der Waals surface area contributed by atoms with E-state index in [9.17, 15) is 4.79 Å². The Morgan fingerprint density at radius 3 is 2.38 bits per heavy atom. The molecule has 112 valence electrons. The van der Waals surface area contributed by atoms with Crippen LogP contribution in [0.5, 0.6) is 0 Å². The lowest BCUT2D eigenvalue weighted by atomic mass is 9.60. The fourth-order valence-corrected chi connectivity index (χ4v) is 3.74. The maximum atomic E-state index is 12.2. The van der Waals surface area contributed by atoms with Crippen LogP contribution in [0.25, 0.3) is 10.4 Å². The highest BCUT2D eigenvalue weighted by molar-refractivity contribution is 6.48. The molecule has 7 heteroatoms. The van der Waals surface area contributed by atoms with Crippen molar-refractivity contribution >= 4 is 13.0 Å². The summed E-state index contributed by atoms with van der Waals surface area (Å²) < 4.78 is 12.2. The van der Waals surface area contributed by atoms with Gasteiger partial charge < -0.3 is 9.31 Å². The van der Waals surface area contributed by atoms with Gasteiger partial charge in [-0.2, -0.15) is 0 Å². The minimum absolute atomic E-state index is 0.0703. The SMILES string of the molecule is CC1(C)OB(C2C3C=CC(C3)C2C(=O)N=[N+]=[N-])OC1(C)C. The highest BCUT2D eigenvalue weighted by Crippen LogP contribution is 2.56. The van der Waals surface area contributed by atoms with Crippen LogP contribution in [0, 0.1) is 17.8 Å². The molecule has 6 nitrogen and oxygen atoms in total. The summed E-state index contributed by atoms with van der Waals surface area (Å²) in [5.41, 5.74) is 7.70. The van der Waals surface area contributed by atoms with Gasteiger partial charge in [0.05, 0.1) is 11.2 Å². The van der Waals surface area contributed by atoms with Gasteiger partial charge in [0.1, 0.15) is 0 Å². The maximum Gasteiger partial charge on any atom is 0.462 e. The first-order chi connectivity index (χ1) is 9.77. The quantitative estimate of drug-likeness (QED) is 0.257. The van der Waals surface area contributed by atoms with Crippen molar-refractivity contribution in [2.45, 2.75) is 51.1 Å². The summed E-state index contributed by atoms with van der Waals surface area (Å²) in [6.07, 6.45) is 5.11. The molecule has 0 radical (unpaired) electrons. The first-order valence-electron chi connectivity index (χ1n) is 7.40. The lowest BCUT2D eigenvalue weighted by Crippen LogP contribution is -2.41. The molecule has 3 aliphatic rings. The summed E-state index contributed by atoms with van der Waals surface area (Å²) in [6.45, 7) is 8.00. The number of carbonyl (C=O) groups excluding carboxylic acids is 1. The van der Waals surface area contributed by atoms with Gasteiger partial charge in [-0.3, -0.25) is 4.79 Å². The Morgan fingerprint density at radius 2 is 1.81 bits per heavy atom. The average molecular weight is 289 g/mol. The minimum Gasteiger partial charge on any atom is -0.403 e. The predicted octanol–water partition coefficient (Wildman–Crippen LogP) is 3.11. The van der Waals surface area contributed by atoms with Crippen LogP contribution in [0.2, 0.25) is 5.82 Å². The smallest absolute Gasteiger partial charge is 0.403 e. The van der Waals surface area contributed by atoms with Crippen molar-refractivity contribution in [2.24, 2.45) is 22.9 Å². The van der Waals surface area contributed by atoms with Crippen molar-refractivity contribution in [1.29, 1.82) is 0 Å². The third kappa shape index (κ3) is 2.11. The average Bonchev–Trinajstić information content (AvgIpc) is 3.01. The molecule has 0 aromatic heterocycles. The standard InChI is InChI=1S/C14H20BN3O3/c1-13(2)14(3,4)21-15(20-13)11-9-6-5-8(7-9)10(11)12(19)17-18-16/h5-6,8-11H,7H2,1-4H3. The van der Waals surface area contributed by atoms with E-state index in [1.165, 1.54) is 0 Å². The van der Waals surface area contributed by atoms with Gasteiger partial charge in [-0.15, -0.1) is 0 Å². The molecule has 2 bridgehead atoms. The van der Waals surface area contributed by atoms with E-state index in [4.69, 9.17) is 14.8 Å². The third-order valence-corrected chi connectivity index (χ3v) is 5.53. The molecule has 2 aliphatic carbocycles. The highest BCUT2D eigenvalue weighted by Gasteiger charge is 2.61. The second-order valence-corrected chi connectivity index (χ2v) is 7.20. The van der Waals surface area contributed by atoms with Crippen molar-refractivity contribution in [3.63, 3.8) is 0 Å². The Balaban J connectivity index is 1.89. The zero-order valence-corrected chi connectivity index (χ0v) is 12.8. The number of allylic oxidation sites excluding steroid dienone is 2.